The lowest BCUT2D eigenvalue weighted by Crippen LogP contribution is -2.10. The molecule has 0 aliphatic heterocycles. The first-order valence-electron chi connectivity index (χ1n) is 3.72. The summed E-state index contributed by atoms with van der Waals surface area (Å²) in [5.41, 5.74) is -1.18. The molecular weight excluding hydrogens is 297 g/mol. The molecule has 0 aliphatic rings. The standard InChI is InChI=1S/C8H6BrF3O2S/c9-6-2-1-5(4-15(13)14)7(3-6)8(10,11)12/h1-3H,4H2,(H,13,14)/p-1. The number of rotatable bonds is 2. The molecule has 0 amide bonds. The van der Waals surface area contributed by atoms with Crippen LogP contribution in [0.3, 0.4) is 0 Å². The molecule has 1 aromatic carbocycles. The Morgan fingerprint density at radius 1 is 1.40 bits per heavy atom. The normalized spacial score (nSPS) is 13.9. The highest BCUT2D eigenvalue weighted by molar-refractivity contribution is 9.10. The summed E-state index contributed by atoms with van der Waals surface area (Å²) in [5.74, 6) is -0.637. The molecule has 0 bridgehead atoms. The van der Waals surface area contributed by atoms with Gasteiger partial charge in [0.2, 0.25) is 0 Å². The van der Waals surface area contributed by atoms with Gasteiger partial charge in [-0.1, -0.05) is 33.1 Å². The van der Waals surface area contributed by atoms with Gasteiger partial charge in [0.15, 0.2) is 0 Å². The first-order chi connectivity index (χ1) is 6.80. The molecular formula is C8H5BrF3O2S-. The van der Waals surface area contributed by atoms with Crippen LogP contribution in [0.4, 0.5) is 13.2 Å². The van der Waals surface area contributed by atoms with Gasteiger partial charge in [0.05, 0.1) is 5.56 Å². The molecule has 0 radical (unpaired) electrons. The molecule has 0 aliphatic carbocycles. The summed E-state index contributed by atoms with van der Waals surface area (Å²) in [6, 6.07) is 3.38. The van der Waals surface area contributed by atoms with E-state index in [4.69, 9.17) is 0 Å². The second kappa shape index (κ2) is 4.63. The Bertz CT molecular complexity index is 392. The van der Waals surface area contributed by atoms with E-state index in [-0.39, 0.29) is 10.0 Å². The fourth-order valence-corrected chi connectivity index (χ4v) is 1.93. The van der Waals surface area contributed by atoms with Crippen LogP contribution in [0, 0.1) is 0 Å². The second-order valence-corrected chi connectivity index (χ2v) is 4.56. The fraction of sp³-hybridized carbons (Fsp3) is 0.250. The van der Waals surface area contributed by atoms with Crippen LogP contribution in [-0.4, -0.2) is 8.76 Å². The van der Waals surface area contributed by atoms with Crippen molar-refractivity contribution in [1.29, 1.82) is 0 Å². The Morgan fingerprint density at radius 3 is 2.47 bits per heavy atom. The lowest BCUT2D eigenvalue weighted by Gasteiger charge is -2.14. The van der Waals surface area contributed by atoms with Crippen molar-refractivity contribution in [3.8, 4) is 0 Å². The van der Waals surface area contributed by atoms with E-state index in [1.165, 1.54) is 6.07 Å². The van der Waals surface area contributed by atoms with Crippen LogP contribution in [0.1, 0.15) is 11.1 Å². The van der Waals surface area contributed by atoms with E-state index in [1.54, 1.807) is 0 Å². The van der Waals surface area contributed by atoms with Crippen molar-refractivity contribution in [3.63, 3.8) is 0 Å². The lowest BCUT2D eigenvalue weighted by molar-refractivity contribution is -0.138. The maximum Gasteiger partial charge on any atom is 0.416 e. The molecule has 2 nitrogen and oxygen atoms in total. The van der Waals surface area contributed by atoms with Gasteiger partial charge < -0.3 is 4.55 Å². The largest absolute Gasteiger partial charge is 0.772 e. The summed E-state index contributed by atoms with van der Waals surface area (Å²) >= 11 is 0.367. The molecule has 1 atom stereocenters. The number of benzene rings is 1. The quantitative estimate of drug-likeness (QED) is 0.788. The van der Waals surface area contributed by atoms with E-state index >= 15 is 0 Å². The SMILES string of the molecule is O=S([O-])Cc1ccc(Br)cc1C(F)(F)F. The van der Waals surface area contributed by atoms with Crippen LogP contribution in [0.5, 0.6) is 0 Å². The van der Waals surface area contributed by atoms with E-state index in [1.807, 2.05) is 0 Å². The van der Waals surface area contributed by atoms with Gasteiger partial charge in [0.25, 0.3) is 0 Å². The maximum atomic E-state index is 12.5. The Morgan fingerprint density at radius 2 is 2.00 bits per heavy atom. The van der Waals surface area contributed by atoms with Crippen LogP contribution in [0.25, 0.3) is 0 Å². The first-order valence-corrected chi connectivity index (χ1v) is 5.76. The summed E-state index contributed by atoms with van der Waals surface area (Å²) in [7, 11) is 0. The van der Waals surface area contributed by atoms with Crippen molar-refractivity contribution in [2.45, 2.75) is 11.9 Å². The van der Waals surface area contributed by atoms with E-state index in [2.05, 4.69) is 15.9 Å². The zero-order valence-electron chi connectivity index (χ0n) is 7.18. The van der Waals surface area contributed by atoms with Crippen molar-refractivity contribution in [3.05, 3.63) is 33.8 Å². The first kappa shape index (κ1) is 12.7. The minimum absolute atomic E-state index is 0.251. The minimum Gasteiger partial charge on any atom is -0.772 e. The predicted molar refractivity (Wildman–Crippen MR) is 51.8 cm³/mol. The molecule has 1 aromatic rings. The predicted octanol–water partition coefficient (Wildman–Crippen LogP) is 2.85. The van der Waals surface area contributed by atoms with Gasteiger partial charge in [-0.25, -0.2) is 0 Å². The van der Waals surface area contributed by atoms with Crippen molar-refractivity contribution in [1.82, 2.24) is 0 Å². The van der Waals surface area contributed by atoms with Gasteiger partial charge >= 0.3 is 6.18 Å². The van der Waals surface area contributed by atoms with Gasteiger partial charge in [-0.05, 0) is 17.7 Å². The van der Waals surface area contributed by atoms with Crippen LogP contribution in [0.2, 0.25) is 0 Å². The highest BCUT2D eigenvalue weighted by atomic mass is 79.9. The number of hydrogen-bond donors (Lipinski definition) is 0. The summed E-state index contributed by atoms with van der Waals surface area (Å²) < 4.78 is 58.3. The van der Waals surface area contributed by atoms with Crippen LogP contribution < -0.4 is 0 Å². The smallest absolute Gasteiger partial charge is 0.416 e. The Kier molecular flexibility index (Phi) is 3.91. The van der Waals surface area contributed by atoms with Crippen molar-refractivity contribution < 1.29 is 21.9 Å². The molecule has 0 N–H and O–H groups in total. The third-order valence-electron chi connectivity index (χ3n) is 1.65. The summed E-state index contributed by atoms with van der Waals surface area (Å²) in [4.78, 5) is 0. The summed E-state index contributed by atoms with van der Waals surface area (Å²) in [6.07, 6.45) is -4.54. The van der Waals surface area contributed by atoms with Crippen LogP contribution in [-0.2, 0) is 23.0 Å². The fourth-order valence-electron chi connectivity index (χ4n) is 1.07. The Balaban J connectivity index is 3.20. The molecule has 0 aromatic heterocycles. The van der Waals surface area contributed by atoms with E-state index < -0.39 is 28.6 Å². The zero-order valence-corrected chi connectivity index (χ0v) is 9.58. The van der Waals surface area contributed by atoms with Crippen LogP contribution in [0.15, 0.2) is 22.7 Å². The lowest BCUT2D eigenvalue weighted by atomic mass is 10.1. The number of halogens is 4. The topological polar surface area (TPSA) is 40.1 Å². The van der Waals surface area contributed by atoms with Gasteiger partial charge in [0.1, 0.15) is 0 Å². The molecule has 15 heavy (non-hydrogen) atoms. The van der Waals surface area contributed by atoms with Crippen molar-refractivity contribution >= 4 is 27.0 Å². The van der Waals surface area contributed by atoms with Crippen molar-refractivity contribution in [2.24, 2.45) is 0 Å². The molecule has 1 rings (SSSR count). The average molecular weight is 302 g/mol. The highest BCUT2D eigenvalue weighted by Crippen LogP contribution is 2.34. The monoisotopic (exact) mass is 301 g/mol. The summed E-state index contributed by atoms with van der Waals surface area (Å²) in [6.45, 7) is 0. The zero-order chi connectivity index (χ0) is 11.6. The van der Waals surface area contributed by atoms with Gasteiger partial charge in [0, 0.05) is 10.2 Å². The molecule has 0 fully saturated rings. The van der Waals surface area contributed by atoms with Gasteiger partial charge in [-0.15, -0.1) is 0 Å². The molecule has 0 heterocycles. The maximum absolute atomic E-state index is 12.5. The third-order valence-corrected chi connectivity index (χ3v) is 2.69. The number of hydrogen-bond acceptors (Lipinski definition) is 2. The molecule has 7 heteroatoms. The minimum atomic E-state index is -4.54. The highest BCUT2D eigenvalue weighted by Gasteiger charge is 2.33. The molecule has 0 spiro atoms. The van der Waals surface area contributed by atoms with E-state index in [0.717, 1.165) is 12.1 Å². The summed E-state index contributed by atoms with van der Waals surface area (Å²) in [5, 5.41) is 0. The van der Waals surface area contributed by atoms with Gasteiger partial charge in [-0.3, -0.25) is 4.21 Å². The third kappa shape index (κ3) is 3.58. The average Bonchev–Trinajstić information content (AvgIpc) is 2.05. The molecule has 0 saturated heterocycles. The Hall–Kier alpha value is -0.400. The van der Waals surface area contributed by atoms with Crippen LogP contribution >= 0.6 is 15.9 Å². The second-order valence-electron chi connectivity index (χ2n) is 2.75. The molecule has 0 saturated carbocycles. The van der Waals surface area contributed by atoms with E-state index in [0.29, 0.717) is 0 Å². The molecule has 84 valence electrons. The Labute approximate surface area is 94.9 Å². The van der Waals surface area contributed by atoms with Gasteiger partial charge in [-0.2, -0.15) is 13.2 Å². The number of alkyl halides is 3. The van der Waals surface area contributed by atoms with E-state index in [9.17, 15) is 21.9 Å². The molecule has 1 unspecified atom stereocenters. The van der Waals surface area contributed by atoms with Crippen molar-refractivity contribution in [2.75, 3.05) is 0 Å².